The quantitative estimate of drug-likeness (QED) is 0.852. The molecule has 0 atom stereocenters. The summed E-state index contributed by atoms with van der Waals surface area (Å²) in [5, 5.41) is 3.77. The van der Waals surface area contributed by atoms with Crippen molar-refractivity contribution >= 4 is 40.5 Å². The summed E-state index contributed by atoms with van der Waals surface area (Å²) in [5.41, 5.74) is 1.85. The molecule has 0 aromatic heterocycles. The van der Waals surface area contributed by atoms with Crippen molar-refractivity contribution in [2.24, 2.45) is 0 Å². The maximum absolute atomic E-state index is 12.7. The maximum Gasteiger partial charge on any atom is 0.255 e. The topological polar surface area (TPSA) is 50.8 Å². The Morgan fingerprint density at radius 2 is 1.88 bits per heavy atom. The summed E-state index contributed by atoms with van der Waals surface area (Å²) in [6.07, 6.45) is 0.765. The summed E-state index contributed by atoms with van der Waals surface area (Å²) in [6, 6.07) is 8.54. The summed E-state index contributed by atoms with van der Waals surface area (Å²) in [5.74, 6) is 0.657. The first-order valence-corrected chi connectivity index (χ1v) is 8.58. The fourth-order valence-corrected chi connectivity index (χ4v) is 2.99. The van der Waals surface area contributed by atoms with Gasteiger partial charge in [0.1, 0.15) is 0 Å². The van der Waals surface area contributed by atoms with E-state index in [1.54, 1.807) is 24.3 Å². The van der Waals surface area contributed by atoms with Gasteiger partial charge in [0.2, 0.25) is 0 Å². The number of benzene rings is 2. The van der Waals surface area contributed by atoms with E-state index in [4.69, 9.17) is 32.7 Å². The van der Waals surface area contributed by atoms with Crippen LogP contribution in [0.5, 0.6) is 11.5 Å². The third kappa shape index (κ3) is 3.94. The molecule has 0 aliphatic carbocycles. The van der Waals surface area contributed by atoms with Crippen molar-refractivity contribution in [2.75, 3.05) is 37.5 Å². The largest absolute Gasteiger partial charge is 0.489 e. The number of hydrogen-bond donors (Lipinski definition) is 1. The number of carbonyl (C=O) groups is 1. The standard InChI is InChI=1S/C18H18Cl2N2O3/c1-22(2)15-5-4-12(19)10-14(15)21-18(23)11-8-13(20)17-16(9-11)24-6-3-7-25-17/h4-5,8-10H,3,6-7H2,1-2H3,(H,21,23). The van der Waals surface area contributed by atoms with Gasteiger partial charge in [0.15, 0.2) is 11.5 Å². The van der Waals surface area contributed by atoms with E-state index >= 15 is 0 Å². The number of nitrogens with one attached hydrogen (secondary N) is 1. The van der Waals surface area contributed by atoms with Gasteiger partial charge in [0.25, 0.3) is 5.91 Å². The van der Waals surface area contributed by atoms with Crippen LogP contribution in [-0.2, 0) is 0 Å². The Kier molecular flexibility index (Phi) is 5.25. The van der Waals surface area contributed by atoms with Gasteiger partial charge in [-0.3, -0.25) is 4.79 Å². The number of nitrogens with zero attached hydrogens (tertiary/aromatic N) is 1. The predicted molar refractivity (Wildman–Crippen MR) is 101 cm³/mol. The molecule has 2 aromatic rings. The van der Waals surface area contributed by atoms with E-state index in [0.717, 1.165) is 12.1 Å². The Morgan fingerprint density at radius 1 is 1.12 bits per heavy atom. The zero-order valence-corrected chi connectivity index (χ0v) is 15.4. The summed E-state index contributed by atoms with van der Waals surface area (Å²) >= 11 is 12.3. The molecule has 1 N–H and O–H groups in total. The van der Waals surface area contributed by atoms with Crippen molar-refractivity contribution in [3.8, 4) is 11.5 Å². The lowest BCUT2D eigenvalue weighted by atomic mass is 10.1. The van der Waals surface area contributed by atoms with Crippen LogP contribution in [0.4, 0.5) is 11.4 Å². The van der Waals surface area contributed by atoms with Gasteiger partial charge >= 0.3 is 0 Å². The summed E-state index contributed by atoms with van der Waals surface area (Å²) in [7, 11) is 3.78. The van der Waals surface area contributed by atoms with Gasteiger partial charge in [-0.05, 0) is 30.3 Å². The fraction of sp³-hybridized carbons (Fsp3) is 0.278. The number of carbonyl (C=O) groups excluding carboxylic acids is 1. The van der Waals surface area contributed by atoms with Crippen molar-refractivity contribution in [2.45, 2.75) is 6.42 Å². The molecule has 1 aliphatic heterocycles. The van der Waals surface area contributed by atoms with E-state index in [0.29, 0.717) is 46.0 Å². The van der Waals surface area contributed by atoms with Gasteiger partial charge in [0.05, 0.1) is 29.6 Å². The highest BCUT2D eigenvalue weighted by Gasteiger charge is 2.19. The minimum absolute atomic E-state index is 0.303. The molecule has 7 heteroatoms. The van der Waals surface area contributed by atoms with Gasteiger partial charge in [0, 0.05) is 31.1 Å². The molecule has 0 bridgehead atoms. The Morgan fingerprint density at radius 3 is 2.64 bits per heavy atom. The minimum atomic E-state index is -0.303. The van der Waals surface area contributed by atoms with Crippen LogP contribution in [-0.4, -0.2) is 33.2 Å². The Labute approximate surface area is 156 Å². The molecule has 0 fully saturated rings. The number of anilines is 2. The summed E-state index contributed by atoms with van der Waals surface area (Å²) < 4.78 is 11.2. The number of hydrogen-bond acceptors (Lipinski definition) is 4. The second kappa shape index (κ2) is 7.42. The third-order valence-electron chi connectivity index (χ3n) is 3.75. The number of halogens is 2. The van der Waals surface area contributed by atoms with E-state index in [2.05, 4.69) is 5.32 Å². The average Bonchev–Trinajstić information content (AvgIpc) is 2.80. The zero-order valence-electron chi connectivity index (χ0n) is 13.9. The van der Waals surface area contributed by atoms with Crippen molar-refractivity contribution < 1.29 is 14.3 Å². The first-order chi connectivity index (χ1) is 12.0. The number of fused-ring (bicyclic) bond motifs is 1. The smallest absolute Gasteiger partial charge is 0.255 e. The van der Waals surface area contributed by atoms with Gasteiger partial charge in [-0.1, -0.05) is 23.2 Å². The molecule has 1 aliphatic rings. The highest BCUT2D eigenvalue weighted by molar-refractivity contribution is 6.33. The lowest BCUT2D eigenvalue weighted by molar-refractivity contribution is 0.102. The molecular weight excluding hydrogens is 363 g/mol. The van der Waals surface area contributed by atoms with Gasteiger partial charge in [-0.15, -0.1) is 0 Å². The Bertz CT molecular complexity index is 809. The Hall–Kier alpha value is -2.11. The van der Waals surface area contributed by atoms with E-state index in [9.17, 15) is 4.79 Å². The van der Waals surface area contributed by atoms with E-state index in [1.807, 2.05) is 25.1 Å². The van der Waals surface area contributed by atoms with Crippen LogP contribution in [0, 0.1) is 0 Å². The molecule has 0 spiro atoms. The second-order valence-corrected chi connectivity index (χ2v) is 6.69. The number of amides is 1. The highest BCUT2D eigenvalue weighted by Crippen LogP contribution is 2.38. The molecule has 1 heterocycles. The zero-order chi connectivity index (χ0) is 18.0. The third-order valence-corrected chi connectivity index (χ3v) is 4.27. The van der Waals surface area contributed by atoms with Crippen LogP contribution in [0.3, 0.4) is 0 Å². The van der Waals surface area contributed by atoms with Crippen molar-refractivity contribution in [1.82, 2.24) is 0 Å². The predicted octanol–water partition coefficient (Wildman–Crippen LogP) is 4.47. The number of rotatable bonds is 3. The minimum Gasteiger partial charge on any atom is -0.489 e. The highest BCUT2D eigenvalue weighted by atomic mass is 35.5. The van der Waals surface area contributed by atoms with Crippen LogP contribution < -0.4 is 19.7 Å². The van der Waals surface area contributed by atoms with Crippen molar-refractivity contribution in [1.29, 1.82) is 0 Å². The van der Waals surface area contributed by atoms with Crippen molar-refractivity contribution in [3.05, 3.63) is 45.9 Å². The SMILES string of the molecule is CN(C)c1ccc(Cl)cc1NC(=O)c1cc(Cl)c2c(c1)OCCCO2. The maximum atomic E-state index is 12.7. The molecule has 1 amide bonds. The number of ether oxygens (including phenoxy) is 2. The van der Waals surface area contributed by atoms with Crippen LogP contribution in [0.2, 0.25) is 10.0 Å². The van der Waals surface area contributed by atoms with Gasteiger partial charge < -0.3 is 19.7 Å². The van der Waals surface area contributed by atoms with Crippen molar-refractivity contribution in [3.63, 3.8) is 0 Å². The molecule has 132 valence electrons. The van der Waals surface area contributed by atoms with E-state index < -0.39 is 0 Å². The molecular formula is C18H18Cl2N2O3. The first kappa shape index (κ1) is 17.7. The first-order valence-electron chi connectivity index (χ1n) is 7.83. The fourth-order valence-electron chi connectivity index (χ4n) is 2.55. The van der Waals surface area contributed by atoms with Crippen LogP contribution in [0.25, 0.3) is 0 Å². The molecule has 0 saturated heterocycles. The van der Waals surface area contributed by atoms with Crippen LogP contribution in [0.1, 0.15) is 16.8 Å². The molecule has 25 heavy (non-hydrogen) atoms. The van der Waals surface area contributed by atoms with E-state index in [1.165, 1.54) is 0 Å². The lowest BCUT2D eigenvalue weighted by Gasteiger charge is -2.18. The molecule has 2 aromatic carbocycles. The van der Waals surface area contributed by atoms with Gasteiger partial charge in [-0.25, -0.2) is 0 Å². The lowest BCUT2D eigenvalue weighted by Crippen LogP contribution is -2.17. The monoisotopic (exact) mass is 380 g/mol. The van der Waals surface area contributed by atoms with Crippen LogP contribution in [0.15, 0.2) is 30.3 Å². The Balaban J connectivity index is 1.91. The second-order valence-electron chi connectivity index (χ2n) is 5.85. The normalized spacial score (nSPS) is 13.1. The summed E-state index contributed by atoms with van der Waals surface area (Å²) in [6.45, 7) is 1.06. The molecule has 3 rings (SSSR count). The van der Waals surface area contributed by atoms with Gasteiger partial charge in [-0.2, -0.15) is 0 Å². The van der Waals surface area contributed by atoms with Crippen LogP contribution >= 0.6 is 23.2 Å². The molecule has 0 saturated carbocycles. The molecule has 0 unspecified atom stereocenters. The molecule has 0 radical (unpaired) electrons. The van der Waals surface area contributed by atoms with E-state index in [-0.39, 0.29) is 5.91 Å². The molecule has 5 nitrogen and oxygen atoms in total. The summed E-state index contributed by atoms with van der Waals surface area (Å²) in [4.78, 5) is 14.6. The average molecular weight is 381 g/mol.